The van der Waals surface area contributed by atoms with Gasteiger partial charge in [0.15, 0.2) is 17.1 Å². The highest BCUT2D eigenvalue weighted by Crippen LogP contribution is 2.42. The number of piperidine rings is 1. The number of H-pyrrole nitrogens is 1. The molecule has 0 aliphatic carbocycles. The molecular weight excluding hydrogens is 438 g/mol. The van der Waals surface area contributed by atoms with Crippen molar-refractivity contribution in [3.05, 3.63) is 41.6 Å². The summed E-state index contributed by atoms with van der Waals surface area (Å²) in [5.74, 6) is 1.62. The Balaban J connectivity index is 1.43. The lowest BCUT2D eigenvalue weighted by Gasteiger charge is -2.38. The van der Waals surface area contributed by atoms with Gasteiger partial charge in [-0.3, -0.25) is 4.40 Å². The number of oxazole rings is 1. The summed E-state index contributed by atoms with van der Waals surface area (Å²) in [5.41, 5.74) is 11.2. The van der Waals surface area contributed by atoms with Gasteiger partial charge < -0.3 is 20.0 Å². The van der Waals surface area contributed by atoms with Gasteiger partial charge in [-0.25, -0.2) is 9.97 Å². The third-order valence-corrected chi connectivity index (χ3v) is 7.66. The SMILES string of the molecule is CCc1nc2ccc(-c3c[nH]c4nc(N5[C@@H]6CC[C@H]5CC(N)C6)n5ccnc5c34)c(Cl)c2o1. The van der Waals surface area contributed by atoms with Crippen LogP contribution in [0.3, 0.4) is 0 Å². The number of imidazole rings is 1. The molecule has 5 aromatic rings. The maximum atomic E-state index is 6.83. The summed E-state index contributed by atoms with van der Waals surface area (Å²) in [5, 5.41) is 1.50. The first-order valence-electron chi connectivity index (χ1n) is 11.6. The Labute approximate surface area is 194 Å². The lowest BCUT2D eigenvalue weighted by molar-refractivity contribution is 0.408. The highest BCUT2D eigenvalue weighted by atomic mass is 35.5. The molecule has 0 radical (unpaired) electrons. The Morgan fingerprint density at radius 2 is 2.00 bits per heavy atom. The number of nitrogens with zero attached hydrogens (tertiary/aromatic N) is 5. The topological polar surface area (TPSA) is 101 Å². The van der Waals surface area contributed by atoms with Gasteiger partial charge in [-0.05, 0) is 31.7 Å². The minimum Gasteiger partial charge on any atom is -0.439 e. The molecule has 2 saturated heterocycles. The van der Waals surface area contributed by atoms with E-state index in [2.05, 4.69) is 19.3 Å². The largest absolute Gasteiger partial charge is 0.439 e. The lowest BCUT2D eigenvalue weighted by Crippen LogP contribution is -2.48. The van der Waals surface area contributed by atoms with Crippen molar-refractivity contribution in [2.75, 3.05) is 4.90 Å². The number of nitrogens with one attached hydrogen (secondary N) is 1. The van der Waals surface area contributed by atoms with Gasteiger partial charge in [0.1, 0.15) is 11.2 Å². The van der Waals surface area contributed by atoms with Gasteiger partial charge in [0.2, 0.25) is 5.95 Å². The minimum absolute atomic E-state index is 0.277. The van der Waals surface area contributed by atoms with Crippen LogP contribution in [0, 0.1) is 0 Å². The first kappa shape index (κ1) is 19.4. The fraction of sp³-hybridized carbons (Fsp3) is 0.375. The van der Waals surface area contributed by atoms with E-state index in [0.717, 1.165) is 71.4 Å². The van der Waals surface area contributed by atoms with Crippen LogP contribution < -0.4 is 10.6 Å². The number of rotatable bonds is 3. The minimum atomic E-state index is 0.277. The molecule has 6 heterocycles. The van der Waals surface area contributed by atoms with Crippen LogP contribution in [0.2, 0.25) is 5.02 Å². The molecule has 8 nitrogen and oxygen atoms in total. The molecule has 2 fully saturated rings. The number of benzene rings is 1. The van der Waals surface area contributed by atoms with Gasteiger partial charge in [0, 0.05) is 54.3 Å². The van der Waals surface area contributed by atoms with Crippen molar-refractivity contribution in [3.8, 4) is 11.1 Å². The number of hydrogen-bond donors (Lipinski definition) is 2. The zero-order chi connectivity index (χ0) is 22.3. The van der Waals surface area contributed by atoms with Crippen LogP contribution in [0.5, 0.6) is 0 Å². The van der Waals surface area contributed by atoms with E-state index in [1.807, 2.05) is 37.6 Å². The van der Waals surface area contributed by atoms with Crippen LogP contribution in [0.25, 0.3) is 38.9 Å². The average Bonchev–Trinajstić information content (AvgIpc) is 3.57. The van der Waals surface area contributed by atoms with Gasteiger partial charge in [0.05, 0.1) is 10.4 Å². The van der Waals surface area contributed by atoms with Crippen LogP contribution in [-0.4, -0.2) is 42.5 Å². The molecule has 3 N–H and O–H groups in total. The van der Waals surface area contributed by atoms with E-state index in [0.29, 0.717) is 28.6 Å². The molecule has 0 amide bonds. The normalized spacial score (nSPS) is 22.9. The van der Waals surface area contributed by atoms with Gasteiger partial charge in [-0.15, -0.1) is 0 Å². The molecule has 2 bridgehead atoms. The summed E-state index contributed by atoms with van der Waals surface area (Å²) >= 11 is 6.83. The van der Waals surface area contributed by atoms with Crippen LogP contribution in [0.15, 0.2) is 35.1 Å². The molecule has 2 aliphatic heterocycles. The van der Waals surface area contributed by atoms with E-state index in [9.17, 15) is 0 Å². The van der Waals surface area contributed by atoms with E-state index < -0.39 is 0 Å². The van der Waals surface area contributed by atoms with Crippen molar-refractivity contribution in [1.29, 1.82) is 0 Å². The van der Waals surface area contributed by atoms with Crippen molar-refractivity contribution >= 4 is 45.3 Å². The van der Waals surface area contributed by atoms with Gasteiger partial charge in [0.25, 0.3) is 0 Å². The van der Waals surface area contributed by atoms with Gasteiger partial charge >= 0.3 is 0 Å². The Morgan fingerprint density at radius 3 is 2.79 bits per heavy atom. The molecule has 2 aliphatic rings. The number of aromatic amines is 1. The van der Waals surface area contributed by atoms with Crippen molar-refractivity contribution in [2.45, 2.75) is 57.2 Å². The van der Waals surface area contributed by atoms with E-state index in [-0.39, 0.29) is 6.04 Å². The summed E-state index contributed by atoms with van der Waals surface area (Å²) in [6, 6.07) is 5.09. The zero-order valence-electron chi connectivity index (χ0n) is 18.3. The quantitative estimate of drug-likeness (QED) is 0.404. The standard InChI is InChI=1S/C24H24ClN7O/c1-2-18-29-17-6-5-15(20(25)21(17)33-18)16-11-28-22-19(16)23-27-7-8-31(23)24(30-22)32-13-3-4-14(32)10-12(26)9-13/h5-8,11-14,28H,2-4,9-10,26H2,1H3/t12?,13-,14+. The number of halogens is 1. The molecule has 9 heteroatoms. The van der Waals surface area contributed by atoms with E-state index >= 15 is 0 Å². The number of fused-ring (bicyclic) bond motifs is 6. The maximum Gasteiger partial charge on any atom is 0.213 e. The lowest BCUT2D eigenvalue weighted by atomic mass is 9.98. The molecular formula is C24H24ClN7O. The Hall–Kier alpha value is -3.10. The average molecular weight is 462 g/mol. The molecule has 0 saturated carbocycles. The Morgan fingerprint density at radius 1 is 1.18 bits per heavy atom. The van der Waals surface area contributed by atoms with Crippen LogP contribution in [0.4, 0.5) is 5.95 Å². The number of anilines is 1. The molecule has 1 unspecified atom stereocenters. The highest BCUT2D eigenvalue weighted by Gasteiger charge is 2.41. The third kappa shape index (κ3) is 2.71. The van der Waals surface area contributed by atoms with Crippen molar-refractivity contribution in [3.63, 3.8) is 0 Å². The molecule has 7 rings (SSSR count). The van der Waals surface area contributed by atoms with Crippen LogP contribution in [0.1, 0.15) is 38.5 Å². The predicted molar refractivity (Wildman–Crippen MR) is 129 cm³/mol. The molecule has 168 valence electrons. The van der Waals surface area contributed by atoms with Crippen LogP contribution >= 0.6 is 11.6 Å². The van der Waals surface area contributed by atoms with Gasteiger partial charge in [-0.2, -0.15) is 4.98 Å². The summed E-state index contributed by atoms with van der Waals surface area (Å²) < 4.78 is 8.01. The summed E-state index contributed by atoms with van der Waals surface area (Å²) in [6.45, 7) is 2.01. The van der Waals surface area contributed by atoms with E-state index in [1.54, 1.807) is 0 Å². The number of nitrogens with two attached hydrogens (primary N) is 1. The smallest absolute Gasteiger partial charge is 0.213 e. The summed E-state index contributed by atoms with van der Waals surface area (Å²) in [6.07, 6.45) is 10.9. The Kier molecular flexibility index (Phi) is 4.08. The van der Waals surface area contributed by atoms with Gasteiger partial charge in [-0.1, -0.05) is 24.6 Å². The number of hydrogen-bond acceptors (Lipinski definition) is 6. The summed E-state index contributed by atoms with van der Waals surface area (Å²) in [4.78, 5) is 20.2. The molecule has 33 heavy (non-hydrogen) atoms. The van der Waals surface area contributed by atoms with E-state index in [4.69, 9.17) is 31.7 Å². The first-order chi connectivity index (χ1) is 16.1. The molecule has 4 aromatic heterocycles. The predicted octanol–water partition coefficient (Wildman–Crippen LogP) is 4.69. The second-order valence-electron chi connectivity index (χ2n) is 9.22. The third-order valence-electron chi connectivity index (χ3n) is 7.29. The zero-order valence-corrected chi connectivity index (χ0v) is 19.0. The highest BCUT2D eigenvalue weighted by molar-refractivity contribution is 6.38. The van der Waals surface area contributed by atoms with E-state index in [1.165, 1.54) is 0 Å². The second-order valence-corrected chi connectivity index (χ2v) is 9.60. The van der Waals surface area contributed by atoms with Crippen LogP contribution in [-0.2, 0) is 6.42 Å². The van der Waals surface area contributed by atoms with Crippen molar-refractivity contribution < 1.29 is 4.42 Å². The fourth-order valence-electron chi connectivity index (χ4n) is 5.84. The number of aromatic nitrogens is 5. The molecule has 1 aromatic carbocycles. The second kappa shape index (κ2) is 6.95. The molecule has 0 spiro atoms. The maximum absolute atomic E-state index is 6.83. The Bertz CT molecular complexity index is 1520. The van der Waals surface area contributed by atoms with Crippen molar-refractivity contribution in [1.82, 2.24) is 24.3 Å². The fourth-order valence-corrected chi connectivity index (χ4v) is 6.14. The monoisotopic (exact) mass is 461 g/mol. The van der Waals surface area contributed by atoms with Crippen molar-refractivity contribution in [2.24, 2.45) is 5.73 Å². The molecule has 3 atom stereocenters. The first-order valence-corrected chi connectivity index (χ1v) is 12.0. The number of aryl methyl sites for hydroxylation is 1. The summed E-state index contributed by atoms with van der Waals surface area (Å²) in [7, 11) is 0.